The summed E-state index contributed by atoms with van der Waals surface area (Å²) in [5.74, 6) is 0. The third kappa shape index (κ3) is 8.85. The van der Waals surface area contributed by atoms with E-state index in [2.05, 4.69) is 68.1 Å². The summed E-state index contributed by atoms with van der Waals surface area (Å²) in [4.78, 5) is 8.90. The Kier molecular flexibility index (Phi) is 14.4. The first-order chi connectivity index (χ1) is 13.1. The minimum absolute atomic E-state index is 0. The zero-order valence-electron chi connectivity index (χ0n) is 17.9. The molecule has 3 aromatic rings. The summed E-state index contributed by atoms with van der Waals surface area (Å²) >= 11 is 3.51. The van der Waals surface area contributed by atoms with Crippen LogP contribution in [0.25, 0.3) is 10.2 Å². The molecule has 0 bridgehead atoms. The van der Waals surface area contributed by atoms with Gasteiger partial charge in [0.2, 0.25) is 0 Å². The molecule has 0 fully saturated rings. The van der Waals surface area contributed by atoms with E-state index in [4.69, 9.17) is 0 Å². The van der Waals surface area contributed by atoms with Crippen molar-refractivity contribution in [1.82, 2.24) is 15.4 Å². The van der Waals surface area contributed by atoms with Crippen LogP contribution in [0, 0.1) is 11.5 Å². The van der Waals surface area contributed by atoms with Gasteiger partial charge in [-0.25, -0.2) is 0 Å². The Labute approximate surface area is 229 Å². The Morgan fingerprint density at radius 3 is 2.16 bits per heavy atom. The van der Waals surface area contributed by atoms with Gasteiger partial charge in [0, 0.05) is 49.7 Å². The third-order valence-corrected chi connectivity index (χ3v) is 6.94. The van der Waals surface area contributed by atoms with Gasteiger partial charge in [0.05, 0.1) is 10.7 Å². The second kappa shape index (κ2) is 13.8. The Morgan fingerprint density at radius 2 is 1.66 bits per heavy atom. The van der Waals surface area contributed by atoms with Gasteiger partial charge in [0.15, 0.2) is 0 Å². The number of benzene rings is 1. The molecule has 175 valence electrons. The molecule has 0 spiro atoms. The standard InChI is InChI=1S/C11H15N3S.C11H12NS.3CH4.Y/c1-11(2,3)10-14-13-9(15-10)8-6-4-5-7-12-8;1-11(2,3)10-12-8-6-4-5-7-9(8)13-10;;;;/h4-7,9,13H,1-3H3;4,6-7H,1-3H3;3*1H4;/q;-1;;;;. The molecule has 0 amide bonds. The van der Waals surface area contributed by atoms with Crippen molar-refractivity contribution in [2.24, 2.45) is 10.5 Å². The van der Waals surface area contributed by atoms with E-state index in [0.29, 0.717) is 0 Å². The minimum atomic E-state index is 0. The van der Waals surface area contributed by atoms with Gasteiger partial charge in [-0.1, -0.05) is 86.4 Å². The molecule has 0 saturated carbocycles. The Morgan fingerprint density at radius 1 is 0.969 bits per heavy atom. The van der Waals surface area contributed by atoms with E-state index in [0.717, 1.165) is 16.3 Å². The van der Waals surface area contributed by atoms with E-state index in [1.165, 1.54) is 9.71 Å². The average molecular weight is 549 g/mol. The summed E-state index contributed by atoms with van der Waals surface area (Å²) < 4.78 is 1.23. The molecule has 1 unspecified atom stereocenters. The maximum atomic E-state index is 4.58. The molecule has 32 heavy (non-hydrogen) atoms. The molecule has 4 rings (SSSR count). The normalized spacial score (nSPS) is 14.8. The van der Waals surface area contributed by atoms with E-state index in [1.54, 1.807) is 23.1 Å². The number of hydrogen-bond donors (Lipinski definition) is 1. The first kappa shape index (κ1) is 33.4. The van der Waals surface area contributed by atoms with E-state index < -0.39 is 0 Å². The molecular weight excluding hydrogens is 509 g/mol. The molecule has 0 aliphatic carbocycles. The van der Waals surface area contributed by atoms with Crippen molar-refractivity contribution in [1.29, 1.82) is 0 Å². The quantitative estimate of drug-likeness (QED) is 0.313. The maximum Gasteiger partial charge on any atom is 0.137 e. The topological polar surface area (TPSA) is 50.2 Å². The van der Waals surface area contributed by atoms with Gasteiger partial charge in [-0.15, -0.1) is 6.07 Å². The number of hydrazone groups is 1. The molecule has 7 heteroatoms. The largest absolute Gasteiger partial charge is 0.290 e. The third-order valence-electron chi connectivity index (χ3n) is 3.99. The average Bonchev–Trinajstić information content (AvgIpc) is 3.30. The fourth-order valence-corrected chi connectivity index (χ4v) is 4.47. The van der Waals surface area contributed by atoms with E-state index in [9.17, 15) is 0 Å². The van der Waals surface area contributed by atoms with Gasteiger partial charge in [-0.05, 0) is 17.6 Å². The van der Waals surface area contributed by atoms with Gasteiger partial charge in [-0.2, -0.15) is 34.6 Å². The van der Waals surface area contributed by atoms with Crippen molar-refractivity contribution in [2.75, 3.05) is 0 Å². The van der Waals surface area contributed by atoms with Crippen molar-refractivity contribution in [3.63, 3.8) is 0 Å². The zero-order valence-corrected chi connectivity index (χ0v) is 22.3. The number of pyridine rings is 1. The van der Waals surface area contributed by atoms with Crippen LogP contribution in [0.1, 0.15) is 79.9 Å². The summed E-state index contributed by atoms with van der Waals surface area (Å²) in [7, 11) is 0. The molecule has 1 radical (unpaired) electrons. The Bertz CT molecular complexity index is 924. The van der Waals surface area contributed by atoms with Crippen LogP contribution < -0.4 is 5.43 Å². The number of fused-ring (bicyclic) bond motifs is 1. The van der Waals surface area contributed by atoms with Crippen LogP contribution in [0.2, 0.25) is 0 Å². The second-order valence-electron chi connectivity index (χ2n) is 8.71. The molecule has 1 aromatic carbocycles. The summed E-state index contributed by atoms with van der Waals surface area (Å²) in [6, 6.07) is 14.9. The maximum absolute atomic E-state index is 4.58. The van der Waals surface area contributed by atoms with Crippen LogP contribution in [0.15, 0.2) is 47.7 Å². The first-order valence-corrected chi connectivity index (χ1v) is 11.0. The van der Waals surface area contributed by atoms with E-state index in [-0.39, 0.29) is 71.2 Å². The number of nitrogens with one attached hydrogen (secondary N) is 1. The predicted octanol–water partition coefficient (Wildman–Crippen LogP) is 8.08. The predicted molar refractivity (Wildman–Crippen MR) is 142 cm³/mol. The molecule has 3 heterocycles. The van der Waals surface area contributed by atoms with Gasteiger partial charge in [0.1, 0.15) is 10.4 Å². The monoisotopic (exact) mass is 548 g/mol. The summed E-state index contributed by atoms with van der Waals surface area (Å²) in [6.07, 6.45) is 1.81. The van der Waals surface area contributed by atoms with Crippen molar-refractivity contribution in [3.8, 4) is 0 Å². The molecule has 1 atom stereocenters. The van der Waals surface area contributed by atoms with Crippen LogP contribution in [-0.2, 0) is 38.1 Å². The number of aromatic nitrogens is 2. The van der Waals surface area contributed by atoms with Gasteiger partial charge in [0.25, 0.3) is 0 Å². The van der Waals surface area contributed by atoms with Crippen molar-refractivity contribution in [2.45, 2.75) is 74.6 Å². The van der Waals surface area contributed by atoms with Crippen LogP contribution in [-0.4, -0.2) is 15.0 Å². The SMILES string of the molecule is C.C.C.CC(C)(C)C1=NNC(c2ccccn2)S1.CC(C)(C)c1nc2cc[c-]cc2s1.[Y]. The second-order valence-corrected chi connectivity index (χ2v) is 10.8. The van der Waals surface area contributed by atoms with Crippen molar-refractivity contribution < 1.29 is 32.7 Å². The fourth-order valence-electron chi connectivity index (χ4n) is 2.42. The summed E-state index contributed by atoms with van der Waals surface area (Å²) in [5.41, 5.74) is 5.51. The van der Waals surface area contributed by atoms with Crippen LogP contribution in [0.5, 0.6) is 0 Å². The molecule has 2 aromatic heterocycles. The molecule has 1 aliphatic rings. The van der Waals surface area contributed by atoms with Crippen LogP contribution >= 0.6 is 23.1 Å². The van der Waals surface area contributed by atoms with Crippen LogP contribution in [0.3, 0.4) is 0 Å². The molecule has 4 nitrogen and oxygen atoms in total. The number of thiazole rings is 1. The molecule has 0 saturated heterocycles. The van der Waals surface area contributed by atoms with Gasteiger partial charge in [-0.3, -0.25) is 15.4 Å². The Hall–Kier alpha value is -0.816. The summed E-state index contributed by atoms with van der Waals surface area (Å²) in [5, 5.41) is 6.86. The van der Waals surface area contributed by atoms with Gasteiger partial charge >= 0.3 is 0 Å². The number of nitrogens with zero attached hydrogens (tertiary/aromatic N) is 3. The smallest absolute Gasteiger partial charge is 0.137 e. The molecule has 1 aliphatic heterocycles. The van der Waals surface area contributed by atoms with E-state index >= 15 is 0 Å². The van der Waals surface area contributed by atoms with Crippen molar-refractivity contribution >= 4 is 38.4 Å². The minimum Gasteiger partial charge on any atom is -0.290 e. The van der Waals surface area contributed by atoms with Crippen LogP contribution in [0.4, 0.5) is 0 Å². The first-order valence-electron chi connectivity index (χ1n) is 9.33. The number of rotatable bonds is 1. The Balaban J connectivity index is 0. The summed E-state index contributed by atoms with van der Waals surface area (Å²) in [6.45, 7) is 13.1. The van der Waals surface area contributed by atoms with Gasteiger partial charge < -0.3 is 0 Å². The molecule has 1 N–H and O–H groups in total. The number of thioether (sulfide) groups is 1. The van der Waals surface area contributed by atoms with E-state index in [1.807, 2.05) is 42.6 Å². The fraction of sp³-hybridized carbons (Fsp3) is 0.480. The van der Waals surface area contributed by atoms with Crippen molar-refractivity contribution in [3.05, 3.63) is 59.4 Å². The number of hydrogen-bond acceptors (Lipinski definition) is 6. The molecular formula is C25H39N4S2Y-. The zero-order chi connectivity index (χ0) is 20.4.